The molecule has 1 saturated heterocycles. The number of nitrogens with zero attached hydrogens (tertiary/aromatic N) is 2. The van der Waals surface area contributed by atoms with E-state index in [0.717, 1.165) is 19.4 Å². The van der Waals surface area contributed by atoms with E-state index >= 15 is 0 Å². The summed E-state index contributed by atoms with van der Waals surface area (Å²) in [5.74, 6) is 0.744. The van der Waals surface area contributed by atoms with Gasteiger partial charge in [-0.3, -0.25) is 10.1 Å². The van der Waals surface area contributed by atoms with Gasteiger partial charge in [0.05, 0.1) is 11.5 Å². The summed E-state index contributed by atoms with van der Waals surface area (Å²) in [6.45, 7) is 2.20. The molecule has 0 aliphatic carbocycles. The smallest absolute Gasteiger partial charge is 0.311 e. The Balaban J connectivity index is 1.96. The van der Waals surface area contributed by atoms with Crippen LogP contribution in [-0.4, -0.2) is 29.7 Å². The van der Waals surface area contributed by atoms with Crippen molar-refractivity contribution in [2.45, 2.75) is 12.8 Å². The van der Waals surface area contributed by atoms with Crippen LogP contribution in [0.25, 0.3) is 0 Å². The number of hydrogen-bond acceptors (Lipinski definition) is 5. The number of nitrogens with one attached hydrogen (secondary N) is 1. The summed E-state index contributed by atoms with van der Waals surface area (Å²) in [7, 11) is 0. The summed E-state index contributed by atoms with van der Waals surface area (Å²) in [6.07, 6.45) is 3.69. The Morgan fingerprint density at radius 1 is 1.65 bits per heavy atom. The standard InChI is InChI=1S/C11H15N3O3/c15-14(16)10-4-1-5-12-11(10)13-7-9-3-2-6-17-8-9/h1,4-5,9H,2-3,6-8H2,(H,12,13). The molecule has 2 heterocycles. The number of ether oxygens (including phenoxy) is 1. The molecule has 1 aromatic rings. The highest BCUT2D eigenvalue weighted by molar-refractivity contribution is 5.54. The van der Waals surface area contributed by atoms with Crippen molar-refractivity contribution in [1.29, 1.82) is 0 Å². The molecule has 1 N–H and O–H groups in total. The fourth-order valence-corrected chi connectivity index (χ4v) is 1.89. The third kappa shape index (κ3) is 3.13. The molecular weight excluding hydrogens is 222 g/mol. The molecule has 2 rings (SSSR count). The molecule has 0 spiro atoms. The lowest BCUT2D eigenvalue weighted by Crippen LogP contribution is -2.24. The molecule has 0 saturated carbocycles. The molecule has 1 aromatic heterocycles. The maximum atomic E-state index is 10.8. The van der Waals surface area contributed by atoms with E-state index in [4.69, 9.17) is 4.74 Å². The molecule has 1 aliphatic rings. The molecule has 0 aromatic carbocycles. The lowest BCUT2D eigenvalue weighted by molar-refractivity contribution is -0.384. The number of aromatic nitrogens is 1. The molecule has 0 bridgehead atoms. The van der Waals surface area contributed by atoms with Crippen molar-refractivity contribution in [3.63, 3.8) is 0 Å². The highest BCUT2D eigenvalue weighted by Gasteiger charge is 2.17. The molecule has 1 atom stereocenters. The van der Waals surface area contributed by atoms with E-state index in [-0.39, 0.29) is 5.69 Å². The maximum absolute atomic E-state index is 10.8. The van der Waals surface area contributed by atoms with Gasteiger partial charge in [0.25, 0.3) is 0 Å². The molecule has 0 amide bonds. The van der Waals surface area contributed by atoms with Crippen LogP contribution < -0.4 is 5.32 Å². The Bertz CT molecular complexity index is 391. The number of pyridine rings is 1. The molecule has 1 aliphatic heterocycles. The highest BCUT2D eigenvalue weighted by atomic mass is 16.6. The van der Waals surface area contributed by atoms with E-state index < -0.39 is 4.92 Å². The Labute approximate surface area is 99.2 Å². The fourth-order valence-electron chi connectivity index (χ4n) is 1.89. The third-order valence-electron chi connectivity index (χ3n) is 2.80. The second-order valence-electron chi connectivity index (χ2n) is 4.09. The van der Waals surface area contributed by atoms with Crippen LogP contribution in [0.2, 0.25) is 0 Å². The second kappa shape index (κ2) is 5.58. The van der Waals surface area contributed by atoms with Crippen molar-refractivity contribution in [3.05, 3.63) is 28.4 Å². The van der Waals surface area contributed by atoms with Gasteiger partial charge in [-0.1, -0.05) is 0 Å². The fraction of sp³-hybridized carbons (Fsp3) is 0.545. The SMILES string of the molecule is O=[N+]([O-])c1cccnc1NCC1CCCOC1. The number of rotatable bonds is 4. The Morgan fingerprint density at radius 3 is 3.24 bits per heavy atom. The van der Waals surface area contributed by atoms with Crippen molar-refractivity contribution < 1.29 is 9.66 Å². The average molecular weight is 237 g/mol. The van der Waals surface area contributed by atoms with Gasteiger partial charge in [-0.15, -0.1) is 0 Å². The van der Waals surface area contributed by atoms with Gasteiger partial charge in [0.2, 0.25) is 5.82 Å². The van der Waals surface area contributed by atoms with Crippen LogP contribution in [0.1, 0.15) is 12.8 Å². The van der Waals surface area contributed by atoms with Crippen molar-refractivity contribution in [2.24, 2.45) is 5.92 Å². The van der Waals surface area contributed by atoms with E-state index in [9.17, 15) is 10.1 Å². The first-order valence-corrected chi connectivity index (χ1v) is 5.68. The summed E-state index contributed by atoms with van der Waals surface area (Å²) in [5.41, 5.74) is 0.0178. The molecule has 0 radical (unpaired) electrons. The predicted octanol–water partition coefficient (Wildman–Crippen LogP) is 1.83. The minimum atomic E-state index is -0.424. The predicted molar refractivity (Wildman–Crippen MR) is 62.9 cm³/mol. The van der Waals surface area contributed by atoms with Crippen molar-refractivity contribution in [3.8, 4) is 0 Å². The van der Waals surface area contributed by atoms with Crippen LogP contribution in [0.4, 0.5) is 11.5 Å². The molecule has 92 valence electrons. The van der Waals surface area contributed by atoms with Crippen LogP contribution in [0.5, 0.6) is 0 Å². The van der Waals surface area contributed by atoms with E-state index in [0.29, 0.717) is 24.9 Å². The highest BCUT2D eigenvalue weighted by Crippen LogP contribution is 2.21. The van der Waals surface area contributed by atoms with Crippen LogP contribution in [-0.2, 0) is 4.74 Å². The van der Waals surface area contributed by atoms with Gasteiger partial charge in [-0.25, -0.2) is 4.98 Å². The third-order valence-corrected chi connectivity index (χ3v) is 2.80. The summed E-state index contributed by atoms with van der Waals surface area (Å²) >= 11 is 0. The summed E-state index contributed by atoms with van der Waals surface area (Å²) < 4.78 is 5.35. The monoisotopic (exact) mass is 237 g/mol. The van der Waals surface area contributed by atoms with E-state index in [1.807, 2.05) is 0 Å². The quantitative estimate of drug-likeness (QED) is 0.638. The van der Waals surface area contributed by atoms with E-state index in [1.165, 1.54) is 6.07 Å². The Morgan fingerprint density at radius 2 is 2.53 bits per heavy atom. The van der Waals surface area contributed by atoms with E-state index in [1.54, 1.807) is 12.3 Å². The van der Waals surface area contributed by atoms with Crippen LogP contribution in [0, 0.1) is 16.0 Å². The Kier molecular flexibility index (Phi) is 3.87. The van der Waals surface area contributed by atoms with Gasteiger partial charge in [0.15, 0.2) is 0 Å². The average Bonchev–Trinajstić information content (AvgIpc) is 2.38. The minimum Gasteiger partial charge on any atom is -0.381 e. The number of hydrogen-bond donors (Lipinski definition) is 1. The largest absolute Gasteiger partial charge is 0.381 e. The summed E-state index contributed by atoms with van der Waals surface area (Å²) in [4.78, 5) is 14.3. The first kappa shape index (κ1) is 11.8. The Hall–Kier alpha value is -1.69. The summed E-state index contributed by atoms with van der Waals surface area (Å²) in [5, 5.41) is 13.8. The summed E-state index contributed by atoms with van der Waals surface area (Å²) in [6, 6.07) is 3.01. The zero-order valence-electron chi connectivity index (χ0n) is 9.46. The zero-order chi connectivity index (χ0) is 12.1. The lowest BCUT2D eigenvalue weighted by atomic mass is 10.0. The minimum absolute atomic E-state index is 0.0178. The second-order valence-corrected chi connectivity index (χ2v) is 4.09. The maximum Gasteiger partial charge on any atom is 0.311 e. The van der Waals surface area contributed by atoms with Gasteiger partial charge in [-0.2, -0.15) is 0 Å². The molecular formula is C11H15N3O3. The van der Waals surface area contributed by atoms with Crippen molar-refractivity contribution in [2.75, 3.05) is 25.1 Å². The van der Waals surface area contributed by atoms with Gasteiger partial charge >= 0.3 is 5.69 Å². The van der Waals surface area contributed by atoms with Crippen molar-refractivity contribution in [1.82, 2.24) is 4.98 Å². The van der Waals surface area contributed by atoms with Crippen LogP contribution >= 0.6 is 0 Å². The van der Waals surface area contributed by atoms with Crippen molar-refractivity contribution >= 4 is 11.5 Å². The number of nitro groups is 1. The van der Waals surface area contributed by atoms with Crippen LogP contribution in [0.15, 0.2) is 18.3 Å². The lowest BCUT2D eigenvalue weighted by Gasteiger charge is -2.22. The van der Waals surface area contributed by atoms with Crippen LogP contribution in [0.3, 0.4) is 0 Å². The molecule has 6 nitrogen and oxygen atoms in total. The zero-order valence-corrected chi connectivity index (χ0v) is 9.46. The molecule has 6 heteroatoms. The van der Waals surface area contributed by atoms with Gasteiger partial charge in [0.1, 0.15) is 0 Å². The molecule has 17 heavy (non-hydrogen) atoms. The topological polar surface area (TPSA) is 77.3 Å². The normalized spacial score (nSPS) is 19.9. The molecule has 1 fully saturated rings. The van der Waals surface area contributed by atoms with Gasteiger partial charge in [0, 0.05) is 25.4 Å². The first-order chi connectivity index (χ1) is 8.27. The number of anilines is 1. The van der Waals surface area contributed by atoms with E-state index in [2.05, 4.69) is 10.3 Å². The first-order valence-electron chi connectivity index (χ1n) is 5.68. The molecule has 1 unspecified atom stereocenters. The van der Waals surface area contributed by atoms with Gasteiger partial charge in [-0.05, 0) is 24.8 Å². The van der Waals surface area contributed by atoms with Gasteiger partial charge < -0.3 is 10.1 Å².